The highest BCUT2D eigenvalue weighted by molar-refractivity contribution is 6.30. The third-order valence-electron chi connectivity index (χ3n) is 3.17. The lowest BCUT2D eigenvalue weighted by Crippen LogP contribution is -2.31. The third-order valence-corrected chi connectivity index (χ3v) is 3.42. The summed E-state index contributed by atoms with van der Waals surface area (Å²) in [5.74, 6) is 0. The number of hydrogen-bond donors (Lipinski definition) is 1. The van der Waals surface area contributed by atoms with Crippen LogP contribution in [0.5, 0.6) is 0 Å². The van der Waals surface area contributed by atoms with Gasteiger partial charge >= 0.3 is 0 Å². The van der Waals surface area contributed by atoms with Crippen LogP contribution in [-0.4, -0.2) is 6.54 Å². The normalized spacial score (nSPS) is 13.1. The van der Waals surface area contributed by atoms with Gasteiger partial charge in [-0.1, -0.05) is 37.6 Å². The molecule has 1 aromatic rings. The molecule has 0 saturated heterocycles. The van der Waals surface area contributed by atoms with Crippen LogP contribution in [0.15, 0.2) is 24.3 Å². The molecule has 1 N–H and O–H groups in total. The van der Waals surface area contributed by atoms with Gasteiger partial charge in [-0.15, -0.1) is 0 Å². The molecule has 0 aliphatic heterocycles. The number of nitrogens with one attached hydrogen (secondary N) is 1. The number of benzene rings is 1. The van der Waals surface area contributed by atoms with Gasteiger partial charge in [-0.2, -0.15) is 5.26 Å². The SMILES string of the molecule is C[C@H](NCC(C)(C)CCC#N)c1ccc(Cl)cc1. The summed E-state index contributed by atoms with van der Waals surface area (Å²) in [5.41, 5.74) is 1.38. The first-order valence-corrected chi connectivity index (χ1v) is 6.68. The van der Waals surface area contributed by atoms with Crippen molar-refractivity contribution in [2.45, 2.75) is 39.7 Å². The van der Waals surface area contributed by atoms with E-state index in [1.54, 1.807) is 0 Å². The molecule has 2 nitrogen and oxygen atoms in total. The quantitative estimate of drug-likeness (QED) is 0.831. The molecule has 3 heteroatoms. The maximum absolute atomic E-state index is 8.63. The predicted molar refractivity (Wildman–Crippen MR) is 76.5 cm³/mol. The van der Waals surface area contributed by atoms with Gasteiger partial charge in [0.1, 0.15) is 0 Å². The van der Waals surface area contributed by atoms with Gasteiger partial charge in [-0.25, -0.2) is 0 Å². The van der Waals surface area contributed by atoms with Crippen LogP contribution >= 0.6 is 11.6 Å². The molecule has 0 aromatic heterocycles. The van der Waals surface area contributed by atoms with Crippen LogP contribution in [-0.2, 0) is 0 Å². The van der Waals surface area contributed by atoms with Crippen LogP contribution in [0.2, 0.25) is 5.02 Å². The summed E-state index contributed by atoms with van der Waals surface area (Å²) in [6.45, 7) is 7.42. The molecule has 0 fully saturated rings. The molecule has 18 heavy (non-hydrogen) atoms. The second-order valence-electron chi connectivity index (χ2n) is 5.48. The summed E-state index contributed by atoms with van der Waals surface area (Å²) in [5, 5.41) is 12.9. The van der Waals surface area contributed by atoms with Gasteiger partial charge in [0.25, 0.3) is 0 Å². The van der Waals surface area contributed by atoms with Crippen molar-refractivity contribution in [3.8, 4) is 6.07 Å². The Balaban J connectivity index is 2.48. The predicted octanol–water partition coefficient (Wildman–Crippen LogP) is 4.32. The van der Waals surface area contributed by atoms with Crippen molar-refractivity contribution in [3.05, 3.63) is 34.9 Å². The summed E-state index contributed by atoms with van der Waals surface area (Å²) >= 11 is 5.87. The molecule has 0 bridgehead atoms. The fourth-order valence-corrected chi connectivity index (χ4v) is 1.91. The fraction of sp³-hybridized carbons (Fsp3) is 0.533. The first-order valence-electron chi connectivity index (χ1n) is 6.30. The molecule has 0 saturated carbocycles. The third kappa shape index (κ3) is 5.08. The molecule has 98 valence electrons. The molecule has 0 amide bonds. The van der Waals surface area contributed by atoms with Crippen molar-refractivity contribution in [2.75, 3.05) is 6.54 Å². The Morgan fingerprint density at radius 3 is 2.50 bits per heavy atom. The zero-order chi connectivity index (χ0) is 13.6. The molecule has 1 aromatic carbocycles. The average molecular weight is 265 g/mol. The average Bonchev–Trinajstić information content (AvgIpc) is 2.35. The largest absolute Gasteiger partial charge is 0.310 e. The lowest BCUT2D eigenvalue weighted by Gasteiger charge is -2.26. The van der Waals surface area contributed by atoms with E-state index in [4.69, 9.17) is 16.9 Å². The minimum absolute atomic E-state index is 0.149. The van der Waals surface area contributed by atoms with Crippen molar-refractivity contribution >= 4 is 11.6 Å². The van der Waals surface area contributed by atoms with Crippen LogP contribution in [0.4, 0.5) is 0 Å². The number of nitriles is 1. The van der Waals surface area contributed by atoms with E-state index in [1.807, 2.05) is 24.3 Å². The van der Waals surface area contributed by atoms with Crippen molar-refractivity contribution in [1.82, 2.24) is 5.32 Å². The number of halogens is 1. The molecule has 0 aliphatic rings. The summed E-state index contributed by atoms with van der Waals surface area (Å²) in [4.78, 5) is 0. The van der Waals surface area contributed by atoms with Crippen LogP contribution in [0.25, 0.3) is 0 Å². The van der Waals surface area contributed by atoms with E-state index < -0.39 is 0 Å². The van der Waals surface area contributed by atoms with Crippen molar-refractivity contribution in [2.24, 2.45) is 5.41 Å². The maximum atomic E-state index is 8.63. The topological polar surface area (TPSA) is 35.8 Å². The zero-order valence-corrected chi connectivity index (χ0v) is 12.1. The van der Waals surface area contributed by atoms with Crippen molar-refractivity contribution in [3.63, 3.8) is 0 Å². The minimum atomic E-state index is 0.149. The number of rotatable bonds is 6. The zero-order valence-electron chi connectivity index (χ0n) is 11.3. The first-order chi connectivity index (χ1) is 8.44. The molecule has 1 atom stereocenters. The number of hydrogen-bond acceptors (Lipinski definition) is 2. The van der Waals surface area contributed by atoms with Crippen LogP contribution < -0.4 is 5.32 Å². The fourth-order valence-electron chi connectivity index (χ4n) is 1.78. The van der Waals surface area contributed by atoms with E-state index in [0.29, 0.717) is 12.5 Å². The summed E-state index contributed by atoms with van der Waals surface area (Å²) in [6, 6.07) is 10.4. The Kier molecular flexibility index (Phi) is 5.65. The van der Waals surface area contributed by atoms with Gasteiger partial charge < -0.3 is 5.32 Å². The van der Waals surface area contributed by atoms with E-state index >= 15 is 0 Å². The number of nitrogens with zero attached hydrogens (tertiary/aromatic N) is 1. The Morgan fingerprint density at radius 1 is 1.33 bits per heavy atom. The Bertz CT molecular complexity index is 403. The maximum Gasteiger partial charge on any atom is 0.0621 e. The van der Waals surface area contributed by atoms with E-state index in [0.717, 1.165) is 18.0 Å². The van der Waals surface area contributed by atoms with E-state index in [2.05, 4.69) is 32.2 Å². The summed E-state index contributed by atoms with van der Waals surface area (Å²) < 4.78 is 0. The van der Waals surface area contributed by atoms with Crippen LogP contribution in [0.3, 0.4) is 0 Å². The smallest absolute Gasteiger partial charge is 0.0621 e. The highest BCUT2D eigenvalue weighted by atomic mass is 35.5. The summed E-state index contributed by atoms with van der Waals surface area (Å²) in [7, 11) is 0. The molecule has 0 aliphatic carbocycles. The Labute approximate surface area is 115 Å². The van der Waals surface area contributed by atoms with Gasteiger partial charge in [0.2, 0.25) is 0 Å². The van der Waals surface area contributed by atoms with E-state index in [1.165, 1.54) is 5.56 Å². The Hall–Kier alpha value is -1.04. The Morgan fingerprint density at radius 2 is 1.94 bits per heavy atom. The van der Waals surface area contributed by atoms with Crippen molar-refractivity contribution < 1.29 is 0 Å². The van der Waals surface area contributed by atoms with Gasteiger partial charge in [-0.3, -0.25) is 0 Å². The first kappa shape index (κ1) is 15.0. The van der Waals surface area contributed by atoms with Gasteiger partial charge in [0.05, 0.1) is 6.07 Å². The van der Waals surface area contributed by atoms with Crippen LogP contribution in [0.1, 0.15) is 45.2 Å². The molecule has 0 heterocycles. The highest BCUT2D eigenvalue weighted by Gasteiger charge is 2.18. The minimum Gasteiger partial charge on any atom is -0.310 e. The molecule has 1 rings (SSSR count). The molecule has 0 radical (unpaired) electrons. The molecule has 0 spiro atoms. The summed E-state index contributed by atoms with van der Waals surface area (Å²) in [6.07, 6.45) is 1.54. The van der Waals surface area contributed by atoms with Gasteiger partial charge in [0.15, 0.2) is 0 Å². The lowest BCUT2D eigenvalue weighted by molar-refractivity contribution is 0.305. The molecule has 0 unspecified atom stereocenters. The molecular formula is C15H21ClN2. The monoisotopic (exact) mass is 264 g/mol. The second-order valence-corrected chi connectivity index (χ2v) is 5.91. The van der Waals surface area contributed by atoms with Crippen LogP contribution in [0, 0.1) is 16.7 Å². The lowest BCUT2D eigenvalue weighted by atomic mass is 9.87. The van der Waals surface area contributed by atoms with E-state index in [-0.39, 0.29) is 5.41 Å². The standard InChI is InChI=1S/C15H21ClN2/c1-12(13-5-7-14(16)8-6-13)18-11-15(2,3)9-4-10-17/h5-8,12,18H,4,9,11H2,1-3H3/t12-/m0/s1. The van der Waals surface area contributed by atoms with Crippen molar-refractivity contribution in [1.29, 1.82) is 5.26 Å². The van der Waals surface area contributed by atoms with Gasteiger partial charge in [0, 0.05) is 24.0 Å². The molecular weight excluding hydrogens is 244 g/mol. The highest BCUT2D eigenvalue weighted by Crippen LogP contribution is 2.23. The van der Waals surface area contributed by atoms with E-state index in [9.17, 15) is 0 Å². The van der Waals surface area contributed by atoms with Gasteiger partial charge in [-0.05, 0) is 36.5 Å². The second kappa shape index (κ2) is 6.78.